The van der Waals surface area contributed by atoms with Gasteiger partial charge in [-0.1, -0.05) is 26.0 Å². The Hall–Kier alpha value is -1.51. The van der Waals surface area contributed by atoms with Gasteiger partial charge in [0.1, 0.15) is 5.75 Å². The molecule has 6 nitrogen and oxygen atoms in total. The molecule has 136 valence electrons. The molecule has 0 atom stereocenters. The maximum atomic E-state index is 10.7. The van der Waals surface area contributed by atoms with Gasteiger partial charge in [0.2, 0.25) is 0 Å². The quantitative estimate of drug-likeness (QED) is 0.306. The lowest BCUT2D eigenvalue weighted by Crippen LogP contribution is -2.39. The van der Waals surface area contributed by atoms with E-state index in [1.807, 2.05) is 24.3 Å². The fourth-order valence-corrected chi connectivity index (χ4v) is 1.93. The first kappa shape index (κ1) is 22.5. The van der Waals surface area contributed by atoms with Crippen LogP contribution in [0.3, 0.4) is 0 Å². The summed E-state index contributed by atoms with van der Waals surface area (Å²) in [6.45, 7) is 6.02. The second kappa shape index (κ2) is 12.9. The van der Waals surface area contributed by atoms with Gasteiger partial charge in [0.05, 0.1) is 0 Å². The van der Waals surface area contributed by atoms with Gasteiger partial charge in [-0.15, -0.1) is 24.0 Å². The predicted molar refractivity (Wildman–Crippen MR) is 109 cm³/mol. The fourth-order valence-electron chi connectivity index (χ4n) is 1.93. The summed E-state index contributed by atoms with van der Waals surface area (Å²) in [6.07, 6.45) is 1.99. The molecule has 0 aromatic heterocycles. The highest BCUT2D eigenvalue weighted by molar-refractivity contribution is 14.0. The van der Waals surface area contributed by atoms with Gasteiger partial charge in [0.15, 0.2) is 12.6 Å². The van der Waals surface area contributed by atoms with Crippen molar-refractivity contribution in [2.24, 2.45) is 16.6 Å². The molecular formula is C17H29IN4O2. The number of ether oxygens (including phenoxy) is 1. The third-order valence-corrected chi connectivity index (χ3v) is 3.25. The number of hydrogen-bond acceptors (Lipinski definition) is 3. The summed E-state index contributed by atoms with van der Waals surface area (Å²) in [6, 6.07) is 7.64. The molecule has 1 rings (SSSR count). The van der Waals surface area contributed by atoms with Crippen LogP contribution >= 0.6 is 24.0 Å². The number of carbonyl (C=O) groups is 1. The van der Waals surface area contributed by atoms with E-state index in [0.717, 1.165) is 31.9 Å². The van der Waals surface area contributed by atoms with Crippen LogP contribution in [-0.4, -0.2) is 38.6 Å². The molecule has 1 aromatic carbocycles. The van der Waals surface area contributed by atoms with Gasteiger partial charge >= 0.3 is 0 Å². The van der Waals surface area contributed by atoms with Gasteiger partial charge in [-0.2, -0.15) is 0 Å². The molecule has 1 aromatic rings. The lowest BCUT2D eigenvalue weighted by Gasteiger charge is -2.13. The average molecular weight is 448 g/mol. The van der Waals surface area contributed by atoms with Gasteiger partial charge in [0, 0.05) is 20.1 Å². The molecule has 0 radical (unpaired) electrons. The minimum Gasteiger partial charge on any atom is -0.484 e. The van der Waals surface area contributed by atoms with Crippen LogP contribution in [0, 0.1) is 5.92 Å². The van der Waals surface area contributed by atoms with Crippen molar-refractivity contribution < 1.29 is 9.53 Å². The van der Waals surface area contributed by atoms with Crippen LogP contribution < -0.4 is 21.1 Å². The van der Waals surface area contributed by atoms with Crippen molar-refractivity contribution in [3.8, 4) is 5.75 Å². The van der Waals surface area contributed by atoms with Crippen LogP contribution in [0.15, 0.2) is 29.3 Å². The van der Waals surface area contributed by atoms with E-state index >= 15 is 0 Å². The Kier molecular flexibility index (Phi) is 12.0. The number of nitrogens with one attached hydrogen (secondary N) is 2. The summed E-state index contributed by atoms with van der Waals surface area (Å²) in [7, 11) is 1.77. The lowest BCUT2D eigenvalue weighted by atomic mass is 10.1. The maximum Gasteiger partial charge on any atom is 0.255 e. The number of nitrogens with two attached hydrogens (primary N) is 1. The van der Waals surface area contributed by atoms with Gasteiger partial charge < -0.3 is 21.1 Å². The summed E-state index contributed by atoms with van der Waals surface area (Å²) >= 11 is 0. The van der Waals surface area contributed by atoms with E-state index in [9.17, 15) is 4.79 Å². The summed E-state index contributed by atoms with van der Waals surface area (Å²) < 4.78 is 5.23. The summed E-state index contributed by atoms with van der Waals surface area (Å²) in [5, 5.41) is 6.59. The van der Waals surface area contributed by atoms with E-state index in [-0.39, 0.29) is 30.6 Å². The van der Waals surface area contributed by atoms with Crippen molar-refractivity contribution in [2.45, 2.75) is 26.7 Å². The van der Waals surface area contributed by atoms with E-state index in [1.165, 1.54) is 5.56 Å². The molecule has 0 unspecified atom stereocenters. The fraction of sp³-hybridized carbons (Fsp3) is 0.529. The van der Waals surface area contributed by atoms with Crippen molar-refractivity contribution in [3.05, 3.63) is 29.8 Å². The third-order valence-electron chi connectivity index (χ3n) is 3.25. The van der Waals surface area contributed by atoms with E-state index in [0.29, 0.717) is 11.7 Å². The van der Waals surface area contributed by atoms with Crippen molar-refractivity contribution in [3.63, 3.8) is 0 Å². The van der Waals surface area contributed by atoms with Crippen LogP contribution in [0.1, 0.15) is 25.8 Å². The molecule has 1 amide bonds. The predicted octanol–water partition coefficient (Wildman–Crippen LogP) is 1.92. The Labute approximate surface area is 161 Å². The van der Waals surface area contributed by atoms with Gasteiger partial charge in [0.25, 0.3) is 5.91 Å². The summed E-state index contributed by atoms with van der Waals surface area (Å²) in [5.74, 6) is 1.67. The highest BCUT2D eigenvalue weighted by Crippen LogP contribution is 2.12. The van der Waals surface area contributed by atoms with Gasteiger partial charge in [-0.25, -0.2) is 0 Å². The van der Waals surface area contributed by atoms with Crippen molar-refractivity contribution >= 4 is 35.8 Å². The van der Waals surface area contributed by atoms with Crippen molar-refractivity contribution in [2.75, 3.05) is 26.7 Å². The topological polar surface area (TPSA) is 88.7 Å². The highest BCUT2D eigenvalue weighted by atomic mass is 127. The van der Waals surface area contributed by atoms with Crippen molar-refractivity contribution in [1.29, 1.82) is 0 Å². The molecule has 0 saturated heterocycles. The molecule has 0 aliphatic carbocycles. The molecule has 0 saturated carbocycles. The first-order valence-corrected chi connectivity index (χ1v) is 7.95. The van der Waals surface area contributed by atoms with E-state index in [4.69, 9.17) is 10.5 Å². The molecule has 24 heavy (non-hydrogen) atoms. The molecule has 0 heterocycles. The summed E-state index contributed by atoms with van der Waals surface area (Å²) in [4.78, 5) is 14.9. The van der Waals surface area contributed by atoms with Crippen molar-refractivity contribution in [1.82, 2.24) is 10.6 Å². The Morgan fingerprint density at radius 2 is 1.83 bits per heavy atom. The van der Waals surface area contributed by atoms with Gasteiger partial charge in [-0.05, 0) is 36.5 Å². The number of guanidine groups is 1. The second-order valence-electron chi connectivity index (χ2n) is 5.76. The zero-order valence-corrected chi connectivity index (χ0v) is 17.0. The third kappa shape index (κ3) is 10.3. The Morgan fingerprint density at radius 1 is 1.21 bits per heavy atom. The van der Waals surface area contributed by atoms with Crippen LogP contribution in [0.2, 0.25) is 0 Å². The van der Waals surface area contributed by atoms with Crippen LogP contribution in [0.4, 0.5) is 0 Å². The number of hydrogen-bond donors (Lipinski definition) is 3. The average Bonchev–Trinajstić information content (AvgIpc) is 2.52. The summed E-state index contributed by atoms with van der Waals surface area (Å²) in [5.41, 5.74) is 6.22. The highest BCUT2D eigenvalue weighted by Gasteiger charge is 2.01. The minimum atomic E-state index is -0.477. The normalized spacial score (nSPS) is 10.9. The Balaban J connectivity index is 0.00000529. The smallest absolute Gasteiger partial charge is 0.255 e. The molecule has 0 aliphatic rings. The van der Waals surface area contributed by atoms with E-state index in [1.54, 1.807) is 7.05 Å². The first-order chi connectivity index (χ1) is 11.0. The molecule has 0 fully saturated rings. The first-order valence-electron chi connectivity index (χ1n) is 7.95. The number of nitrogens with zero attached hydrogens (tertiary/aromatic N) is 1. The molecule has 0 bridgehead atoms. The molecule has 7 heteroatoms. The number of amides is 1. The lowest BCUT2D eigenvalue weighted by molar-refractivity contribution is -0.119. The van der Waals surface area contributed by atoms with Crippen LogP contribution in [0.5, 0.6) is 5.75 Å². The SMILES string of the molecule is CN=C(NCCc1ccc(OCC(N)=O)cc1)NCCC(C)C.I. The molecule has 0 spiro atoms. The van der Waals surface area contributed by atoms with Crippen LogP contribution in [0.25, 0.3) is 0 Å². The largest absolute Gasteiger partial charge is 0.484 e. The van der Waals surface area contributed by atoms with Crippen LogP contribution in [-0.2, 0) is 11.2 Å². The Morgan fingerprint density at radius 3 is 2.38 bits per heavy atom. The second-order valence-corrected chi connectivity index (χ2v) is 5.76. The number of halogens is 1. The zero-order valence-electron chi connectivity index (χ0n) is 14.7. The van der Waals surface area contributed by atoms with E-state index in [2.05, 4.69) is 29.5 Å². The Bertz CT molecular complexity index is 504. The standard InChI is InChI=1S/C17H28N4O2.HI/c1-13(2)8-10-20-17(19-3)21-11-9-14-4-6-15(7-5-14)23-12-16(18)22;/h4-7,13H,8-12H2,1-3H3,(H2,18,22)(H2,19,20,21);1H. The number of carbonyl (C=O) groups excluding carboxylic acids is 1. The molecule has 4 N–H and O–H groups in total. The van der Waals surface area contributed by atoms with E-state index < -0.39 is 5.91 Å². The maximum absolute atomic E-state index is 10.7. The minimum absolute atomic E-state index is 0. The number of primary amides is 1. The zero-order chi connectivity index (χ0) is 17.1. The van der Waals surface area contributed by atoms with Gasteiger partial charge in [-0.3, -0.25) is 9.79 Å². The molecule has 0 aliphatic heterocycles. The number of rotatable bonds is 9. The monoisotopic (exact) mass is 448 g/mol. The number of benzene rings is 1. The molecular weight excluding hydrogens is 419 g/mol. The number of aliphatic imine (C=N–C) groups is 1.